The van der Waals surface area contributed by atoms with Crippen LogP contribution in [0, 0.1) is 11.8 Å². The number of carboxylic acids is 1. The molecule has 1 saturated carbocycles. The molecule has 3 rings (SSSR count). The molecular weight excluding hydrogens is 484 g/mol. The van der Waals surface area contributed by atoms with Crippen molar-refractivity contribution in [3.05, 3.63) is 45.1 Å². The van der Waals surface area contributed by atoms with Crippen molar-refractivity contribution in [1.82, 2.24) is 25.5 Å². The number of hydrogen-bond acceptors (Lipinski definition) is 6. The van der Waals surface area contributed by atoms with E-state index in [0.29, 0.717) is 49.6 Å². The van der Waals surface area contributed by atoms with Crippen LogP contribution in [-0.4, -0.2) is 57.6 Å². The topological polar surface area (TPSA) is 205 Å². The molecule has 0 aliphatic heterocycles. The first-order chi connectivity index (χ1) is 17.7. The van der Waals surface area contributed by atoms with E-state index in [0.717, 1.165) is 4.57 Å². The van der Waals surface area contributed by atoms with Crippen LogP contribution < -0.4 is 32.9 Å². The molecule has 0 bridgehead atoms. The van der Waals surface area contributed by atoms with Crippen LogP contribution in [-0.2, 0) is 20.9 Å². The van der Waals surface area contributed by atoms with E-state index in [4.69, 9.17) is 5.73 Å². The van der Waals surface area contributed by atoms with Crippen LogP contribution in [0.2, 0.25) is 0 Å². The maximum absolute atomic E-state index is 12.6. The van der Waals surface area contributed by atoms with Crippen LogP contribution in [0.4, 0.5) is 4.79 Å². The number of nitrogens with one attached hydrogen (secondary N) is 4. The minimum Gasteiger partial charge on any atom is -0.480 e. The average Bonchev–Trinajstić information content (AvgIpc) is 2.87. The lowest BCUT2D eigenvalue weighted by Crippen LogP contribution is -2.45. The molecule has 1 unspecified atom stereocenters. The molecule has 7 N–H and O–H groups in total. The van der Waals surface area contributed by atoms with Gasteiger partial charge in [0.15, 0.2) is 0 Å². The summed E-state index contributed by atoms with van der Waals surface area (Å²) in [6.45, 7) is 0.163. The first kappa shape index (κ1) is 27.4. The Labute approximate surface area is 211 Å². The SMILES string of the molecule is NC(=O)NCCCC(NC(=O)C1CCC(CNC(=O)Cn2c(=O)[nH]c3ccccc3c2=O)CC1)C(=O)O. The number of aromatic amines is 1. The van der Waals surface area contributed by atoms with Crippen LogP contribution in [0.5, 0.6) is 0 Å². The van der Waals surface area contributed by atoms with Gasteiger partial charge in [-0.1, -0.05) is 12.1 Å². The molecular formula is C24H32N6O7. The number of urea groups is 1. The van der Waals surface area contributed by atoms with Crippen molar-refractivity contribution in [1.29, 1.82) is 0 Å². The molecule has 0 saturated heterocycles. The summed E-state index contributed by atoms with van der Waals surface area (Å²) in [5.41, 5.74) is 4.19. The quantitative estimate of drug-likeness (QED) is 0.218. The van der Waals surface area contributed by atoms with Crippen molar-refractivity contribution in [2.45, 2.75) is 51.1 Å². The van der Waals surface area contributed by atoms with Gasteiger partial charge < -0.3 is 31.8 Å². The van der Waals surface area contributed by atoms with Gasteiger partial charge in [0.1, 0.15) is 12.6 Å². The number of nitrogens with zero attached hydrogens (tertiary/aromatic N) is 1. The van der Waals surface area contributed by atoms with Crippen molar-refractivity contribution in [3.8, 4) is 0 Å². The van der Waals surface area contributed by atoms with E-state index >= 15 is 0 Å². The van der Waals surface area contributed by atoms with E-state index in [-0.39, 0.29) is 30.7 Å². The van der Waals surface area contributed by atoms with Gasteiger partial charge in [0.25, 0.3) is 5.56 Å². The zero-order valence-corrected chi connectivity index (χ0v) is 20.3. The highest BCUT2D eigenvalue weighted by Gasteiger charge is 2.29. The molecule has 1 aromatic carbocycles. The maximum Gasteiger partial charge on any atom is 0.329 e. The zero-order valence-electron chi connectivity index (χ0n) is 20.3. The normalized spacial score (nSPS) is 18.1. The lowest BCUT2D eigenvalue weighted by molar-refractivity contribution is -0.143. The Hall–Kier alpha value is -4.16. The van der Waals surface area contributed by atoms with Gasteiger partial charge in [-0.2, -0.15) is 0 Å². The van der Waals surface area contributed by atoms with Crippen molar-refractivity contribution in [2.75, 3.05) is 13.1 Å². The van der Waals surface area contributed by atoms with Crippen LogP contribution in [0.25, 0.3) is 10.9 Å². The summed E-state index contributed by atoms with van der Waals surface area (Å²) < 4.78 is 0.863. The number of H-pyrrole nitrogens is 1. The highest BCUT2D eigenvalue weighted by atomic mass is 16.4. The van der Waals surface area contributed by atoms with Gasteiger partial charge in [0.05, 0.1) is 10.9 Å². The second kappa shape index (κ2) is 12.7. The lowest BCUT2D eigenvalue weighted by atomic mass is 9.81. The summed E-state index contributed by atoms with van der Waals surface area (Å²) >= 11 is 0. The number of carboxylic acid groups (broad SMARTS) is 1. The Bertz CT molecular complexity index is 1260. The lowest BCUT2D eigenvalue weighted by Gasteiger charge is -2.28. The largest absolute Gasteiger partial charge is 0.480 e. The van der Waals surface area contributed by atoms with Gasteiger partial charge in [-0.15, -0.1) is 0 Å². The zero-order chi connectivity index (χ0) is 26.9. The van der Waals surface area contributed by atoms with E-state index in [2.05, 4.69) is 20.9 Å². The Kier molecular flexibility index (Phi) is 9.41. The first-order valence-electron chi connectivity index (χ1n) is 12.2. The number of amides is 4. The monoisotopic (exact) mass is 516 g/mol. The van der Waals surface area contributed by atoms with Crippen molar-refractivity contribution >= 4 is 34.7 Å². The highest BCUT2D eigenvalue weighted by Crippen LogP contribution is 2.28. The van der Waals surface area contributed by atoms with Crippen molar-refractivity contribution < 1.29 is 24.3 Å². The van der Waals surface area contributed by atoms with Gasteiger partial charge >= 0.3 is 17.7 Å². The fourth-order valence-corrected chi connectivity index (χ4v) is 4.49. The van der Waals surface area contributed by atoms with Gasteiger partial charge in [-0.25, -0.2) is 14.4 Å². The van der Waals surface area contributed by atoms with E-state index in [9.17, 15) is 33.9 Å². The molecule has 1 aliphatic carbocycles. The van der Waals surface area contributed by atoms with E-state index in [1.165, 1.54) is 0 Å². The second-order valence-electron chi connectivity index (χ2n) is 9.22. The predicted octanol–water partition coefficient (Wildman–Crippen LogP) is -0.370. The minimum atomic E-state index is -1.15. The molecule has 0 radical (unpaired) electrons. The number of para-hydroxylation sites is 1. The summed E-state index contributed by atoms with van der Waals surface area (Å²) in [7, 11) is 0. The summed E-state index contributed by atoms with van der Waals surface area (Å²) in [6.07, 6.45) is 2.93. The number of aliphatic carboxylic acids is 1. The molecule has 1 atom stereocenters. The van der Waals surface area contributed by atoms with Gasteiger partial charge in [-0.3, -0.25) is 19.0 Å². The Morgan fingerprint density at radius 2 is 1.78 bits per heavy atom. The molecule has 13 nitrogen and oxygen atoms in total. The Morgan fingerprint density at radius 1 is 1.08 bits per heavy atom. The molecule has 1 aromatic heterocycles. The number of hydrogen-bond donors (Lipinski definition) is 6. The third-order valence-corrected chi connectivity index (χ3v) is 6.58. The van der Waals surface area contributed by atoms with E-state index in [1.54, 1.807) is 24.3 Å². The van der Waals surface area contributed by atoms with Gasteiger partial charge in [0, 0.05) is 19.0 Å². The summed E-state index contributed by atoms with van der Waals surface area (Å²) in [6, 6.07) is 4.82. The summed E-state index contributed by atoms with van der Waals surface area (Å²) in [4.78, 5) is 74.6. The minimum absolute atomic E-state index is 0.120. The standard InChI is InChI=1S/C24H32N6O7/c25-23(36)26-11-3-6-18(22(34)35)28-20(32)15-9-7-14(8-10-15)12-27-19(31)13-30-21(33)16-4-1-2-5-17(16)29-24(30)37/h1-2,4-5,14-15,18H,3,6-13H2,(H,27,31)(H,28,32)(H,29,37)(H,34,35)(H3,25,26,36). The molecule has 13 heteroatoms. The molecule has 1 heterocycles. The van der Waals surface area contributed by atoms with E-state index in [1.807, 2.05) is 0 Å². The van der Waals surface area contributed by atoms with Crippen LogP contribution >= 0.6 is 0 Å². The predicted molar refractivity (Wildman–Crippen MR) is 134 cm³/mol. The first-order valence-corrected chi connectivity index (χ1v) is 12.2. The van der Waals surface area contributed by atoms with E-state index < -0.39 is 41.7 Å². The molecule has 1 aliphatic rings. The van der Waals surface area contributed by atoms with Gasteiger partial charge in [-0.05, 0) is 56.6 Å². The third-order valence-electron chi connectivity index (χ3n) is 6.58. The van der Waals surface area contributed by atoms with Gasteiger partial charge in [0.2, 0.25) is 11.8 Å². The number of carbonyl (C=O) groups is 4. The molecule has 2 aromatic rings. The number of benzene rings is 1. The van der Waals surface area contributed by atoms with Crippen molar-refractivity contribution in [2.24, 2.45) is 17.6 Å². The third kappa shape index (κ3) is 7.66. The Morgan fingerprint density at radius 3 is 2.46 bits per heavy atom. The average molecular weight is 517 g/mol. The number of aromatic nitrogens is 2. The number of carbonyl (C=O) groups excluding carboxylic acids is 3. The number of rotatable bonds is 11. The molecule has 4 amide bonds. The van der Waals surface area contributed by atoms with Crippen molar-refractivity contribution in [3.63, 3.8) is 0 Å². The molecule has 1 fully saturated rings. The highest BCUT2D eigenvalue weighted by molar-refractivity contribution is 5.85. The Balaban J connectivity index is 1.44. The van der Waals surface area contributed by atoms with Crippen LogP contribution in [0.3, 0.4) is 0 Å². The fourth-order valence-electron chi connectivity index (χ4n) is 4.49. The smallest absolute Gasteiger partial charge is 0.329 e. The number of primary amides is 1. The maximum atomic E-state index is 12.6. The number of fused-ring (bicyclic) bond motifs is 1. The molecule has 200 valence electrons. The summed E-state index contributed by atoms with van der Waals surface area (Å²) in [5, 5.41) is 17.4. The fraction of sp³-hybridized carbons (Fsp3) is 0.500. The number of nitrogens with two attached hydrogens (primary N) is 1. The molecule has 0 spiro atoms. The summed E-state index contributed by atoms with van der Waals surface area (Å²) in [5.74, 6) is -2.14. The molecule has 37 heavy (non-hydrogen) atoms. The second-order valence-corrected chi connectivity index (χ2v) is 9.22. The van der Waals surface area contributed by atoms with Crippen LogP contribution in [0.1, 0.15) is 38.5 Å². The van der Waals surface area contributed by atoms with Crippen LogP contribution in [0.15, 0.2) is 33.9 Å².